The second-order valence-corrected chi connectivity index (χ2v) is 4.65. The van der Waals surface area contributed by atoms with E-state index in [1.54, 1.807) is 4.68 Å². The van der Waals surface area contributed by atoms with Crippen LogP contribution < -0.4 is 5.73 Å². The van der Waals surface area contributed by atoms with Gasteiger partial charge in [-0.2, -0.15) is 4.98 Å². The zero-order chi connectivity index (χ0) is 10.8. The number of aryl methyl sites for hydroxylation is 1. The fraction of sp³-hybridized carbons (Fsp3) is 0.111. The molecule has 0 bridgehead atoms. The summed E-state index contributed by atoms with van der Waals surface area (Å²) in [6.45, 7) is 0. The molecule has 0 radical (unpaired) electrons. The minimum Gasteiger partial charge on any atom is -0.398 e. The Balaban J connectivity index is 2.29. The number of hydrogen-bond donors (Lipinski definition) is 1. The van der Waals surface area contributed by atoms with Crippen LogP contribution >= 0.6 is 27.7 Å². The van der Waals surface area contributed by atoms with Gasteiger partial charge in [0.2, 0.25) is 4.73 Å². The first kappa shape index (κ1) is 10.5. The van der Waals surface area contributed by atoms with Crippen molar-refractivity contribution in [2.24, 2.45) is 7.05 Å². The molecule has 15 heavy (non-hydrogen) atoms. The van der Waals surface area contributed by atoms with Crippen molar-refractivity contribution in [2.45, 2.75) is 10.1 Å². The molecule has 0 atom stereocenters. The smallest absolute Gasteiger partial charge is 0.218 e. The molecule has 0 aliphatic rings. The molecule has 78 valence electrons. The highest BCUT2D eigenvalue weighted by atomic mass is 79.9. The first-order valence-electron chi connectivity index (χ1n) is 4.25. The summed E-state index contributed by atoms with van der Waals surface area (Å²) >= 11 is 4.72. The van der Waals surface area contributed by atoms with Gasteiger partial charge in [0.1, 0.15) is 0 Å². The maximum absolute atomic E-state index is 5.84. The van der Waals surface area contributed by atoms with E-state index in [2.05, 4.69) is 26.0 Å². The Labute approximate surface area is 100 Å². The van der Waals surface area contributed by atoms with Gasteiger partial charge in [-0.05, 0) is 39.8 Å². The van der Waals surface area contributed by atoms with Gasteiger partial charge in [-0.1, -0.05) is 12.1 Å². The highest BCUT2D eigenvalue weighted by Gasteiger charge is 2.08. The van der Waals surface area contributed by atoms with Crippen molar-refractivity contribution in [1.82, 2.24) is 14.8 Å². The quantitative estimate of drug-likeness (QED) is 0.860. The molecular weight excluding hydrogens is 276 g/mol. The number of para-hydroxylation sites is 1. The Morgan fingerprint density at radius 2 is 2.13 bits per heavy atom. The highest BCUT2D eigenvalue weighted by molar-refractivity contribution is 9.10. The zero-order valence-electron chi connectivity index (χ0n) is 8.01. The van der Waals surface area contributed by atoms with Gasteiger partial charge < -0.3 is 5.73 Å². The lowest BCUT2D eigenvalue weighted by atomic mass is 10.3. The van der Waals surface area contributed by atoms with E-state index >= 15 is 0 Å². The fourth-order valence-electron chi connectivity index (χ4n) is 1.10. The first-order chi connectivity index (χ1) is 7.16. The van der Waals surface area contributed by atoms with Crippen LogP contribution in [0.2, 0.25) is 0 Å². The third-order valence-corrected chi connectivity index (χ3v) is 3.28. The summed E-state index contributed by atoms with van der Waals surface area (Å²) < 4.78 is 2.29. The Morgan fingerprint density at radius 1 is 1.40 bits per heavy atom. The molecule has 0 aliphatic carbocycles. The summed E-state index contributed by atoms with van der Waals surface area (Å²) in [7, 11) is 1.85. The second-order valence-electron chi connectivity index (χ2n) is 2.93. The fourth-order valence-corrected chi connectivity index (χ4v) is 2.46. The van der Waals surface area contributed by atoms with Gasteiger partial charge >= 0.3 is 0 Å². The summed E-state index contributed by atoms with van der Waals surface area (Å²) in [5.74, 6) is 0. The van der Waals surface area contributed by atoms with E-state index in [0.29, 0.717) is 4.73 Å². The summed E-state index contributed by atoms with van der Waals surface area (Å²) in [4.78, 5) is 5.21. The largest absolute Gasteiger partial charge is 0.398 e. The van der Waals surface area contributed by atoms with Crippen molar-refractivity contribution < 1.29 is 0 Å². The lowest BCUT2D eigenvalue weighted by Gasteiger charge is -2.02. The predicted octanol–water partition coefficient (Wildman–Crippen LogP) is 2.31. The van der Waals surface area contributed by atoms with E-state index in [1.807, 2.05) is 31.3 Å². The average Bonchev–Trinajstić information content (AvgIpc) is 2.49. The SMILES string of the molecule is Cn1nc(Br)nc1Sc1ccccc1N. The number of nitrogens with zero attached hydrogens (tertiary/aromatic N) is 3. The summed E-state index contributed by atoms with van der Waals surface area (Å²) in [6.07, 6.45) is 0. The third kappa shape index (κ3) is 2.32. The molecule has 0 aliphatic heterocycles. The molecule has 0 amide bonds. The van der Waals surface area contributed by atoms with E-state index in [9.17, 15) is 0 Å². The molecule has 6 heteroatoms. The standard InChI is InChI=1S/C9H9BrN4S/c1-14-9(12-8(10)13-14)15-7-5-3-2-4-6(7)11/h2-5H,11H2,1H3. The molecule has 0 saturated heterocycles. The molecule has 2 rings (SSSR count). The van der Waals surface area contributed by atoms with E-state index < -0.39 is 0 Å². The van der Waals surface area contributed by atoms with Crippen LogP contribution in [0.15, 0.2) is 39.1 Å². The van der Waals surface area contributed by atoms with Crippen LogP contribution in [0.3, 0.4) is 0 Å². The summed E-state index contributed by atoms with van der Waals surface area (Å²) in [6, 6.07) is 7.69. The van der Waals surface area contributed by atoms with Gasteiger partial charge in [0.15, 0.2) is 5.16 Å². The number of hydrogen-bond acceptors (Lipinski definition) is 4. The first-order valence-corrected chi connectivity index (χ1v) is 5.86. The highest BCUT2D eigenvalue weighted by Crippen LogP contribution is 2.30. The molecule has 0 spiro atoms. The van der Waals surface area contributed by atoms with Crippen LogP contribution in [0, 0.1) is 0 Å². The van der Waals surface area contributed by atoms with Gasteiger partial charge in [0, 0.05) is 17.6 Å². The number of rotatable bonds is 2. The van der Waals surface area contributed by atoms with Gasteiger partial charge in [-0.15, -0.1) is 5.10 Å². The molecule has 0 fully saturated rings. The van der Waals surface area contributed by atoms with Crippen LogP contribution in [0.25, 0.3) is 0 Å². The molecule has 0 saturated carbocycles. The molecule has 2 N–H and O–H groups in total. The monoisotopic (exact) mass is 284 g/mol. The van der Waals surface area contributed by atoms with Gasteiger partial charge in [0.05, 0.1) is 0 Å². The van der Waals surface area contributed by atoms with Gasteiger partial charge in [0.25, 0.3) is 0 Å². The van der Waals surface area contributed by atoms with E-state index in [-0.39, 0.29) is 0 Å². The van der Waals surface area contributed by atoms with Crippen LogP contribution in [-0.4, -0.2) is 14.8 Å². The summed E-state index contributed by atoms with van der Waals surface area (Å²) in [5.41, 5.74) is 6.59. The van der Waals surface area contributed by atoms with E-state index in [0.717, 1.165) is 15.7 Å². The average molecular weight is 285 g/mol. The lowest BCUT2D eigenvalue weighted by molar-refractivity contribution is 0.683. The van der Waals surface area contributed by atoms with Crippen molar-refractivity contribution in [2.75, 3.05) is 5.73 Å². The normalized spacial score (nSPS) is 10.5. The topological polar surface area (TPSA) is 56.7 Å². The van der Waals surface area contributed by atoms with Crippen molar-refractivity contribution in [1.29, 1.82) is 0 Å². The van der Waals surface area contributed by atoms with E-state index in [1.165, 1.54) is 11.8 Å². The second kappa shape index (κ2) is 4.24. The lowest BCUT2D eigenvalue weighted by Crippen LogP contribution is -1.94. The number of aromatic nitrogens is 3. The molecule has 0 unspecified atom stereocenters. The number of nitrogens with two attached hydrogens (primary N) is 1. The minimum absolute atomic E-state index is 0.585. The Morgan fingerprint density at radius 3 is 2.73 bits per heavy atom. The third-order valence-electron chi connectivity index (χ3n) is 1.82. The van der Waals surface area contributed by atoms with Crippen molar-refractivity contribution in [3.05, 3.63) is 29.0 Å². The van der Waals surface area contributed by atoms with Crippen LogP contribution in [0.1, 0.15) is 0 Å². The molecular formula is C9H9BrN4S. The van der Waals surface area contributed by atoms with Crippen molar-refractivity contribution in [3.8, 4) is 0 Å². The van der Waals surface area contributed by atoms with Crippen LogP contribution in [0.4, 0.5) is 5.69 Å². The molecule has 1 aromatic carbocycles. The Bertz CT molecular complexity index is 483. The van der Waals surface area contributed by atoms with Crippen molar-refractivity contribution in [3.63, 3.8) is 0 Å². The number of halogens is 1. The minimum atomic E-state index is 0.585. The van der Waals surface area contributed by atoms with Crippen LogP contribution in [0.5, 0.6) is 0 Å². The molecule has 4 nitrogen and oxygen atoms in total. The van der Waals surface area contributed by atoms with Gasteiger partial charge in [-0.3, -0.25) is 0 Å². The Kier molecular flexibility index (Phi) is 2.97. The molecule has 1 aromatic heterocycles. The Hall–Kier alpha value is -1.01. The number of benzene rings is 1. The number of anilines is 1. The number of nitrogen functional groups attached to an aromatic ring is 1. The maximum atomic E-state index is 5.84. The zero-order valence-corrected chi connectivity index (χ0v) is 10.4. The van der Waals surface area contributed by atoms with Crippen molar-refractivity contribution >= 4 is 33.4 Å². The van der Waals surface area contributed by atoms with E-state index in [4.69, 9.17) is 5.73 Å². The molecule has 1 heterocycles. The predicted molar refractivity (Wildman–Crippen MR) is 63.7 cm³/mol. The van der Waals surface area contributed by atoms with Gasteiger partial charge in [-0.25, -0.2) is 4.68 Å². The summed E-state index contributed by atoms with van der Waals surface area (Å²) in [5, 5.41) is 4.90. The van der Waals surface area contributed by atoms with Crippen LogP contribution in [-0.2, 0) is 7.05 Å². The maximum Gasteiger partial charge on any atom is 0.218 e. The molecule has 2 aromatic rings.